The fraction of sp³-hybridized carbons (Fsp3) is 0.316. The summed E-state index contributed by atoms with van der Waals surface area (Å²) in [5.74, 6) is 0.276. The number of ether oxygens (including phenoxy) is 1. The molecule has 0 saturated heterocycles. The second kappa shape index (κ2) is 7.47. The van der Waals surface area contributed by atoms with Gasteiger partial charge in [0.05, 0.1) is 18.4 Å². The molecule has 0 saturated carbocycles. The van der Waals surface area contributed by atoms with Crippen LogP contribution in [0.15, 0.2) is 42.5 Å². The molecule has 0 radical (unpaired) electrons. The van der Waals surface area contributed by atoms with Crippen LogP contribution in [0, 0.1) is 0 Å². The molecule has 2 aromatic carbocycles. The fourth-order valence-electron chi connectivity index (χ4n) is 3.03. The van der Waals surface area contributed by atoms with E-state index in [4.69, 9.17) is 4.74 Å². The molecule has 1 heterocycles. The van der Waals surface area contributed by atoms with E-state index in [1.807, 2.05) is 31.2 Å². The lowest BCUT2D eigenvalue weighted by Crippen LogP contribution is -2.35. The van der Waals surface area contributed by atoms with Crippen LogP contribution in [-0.4, -0.2) is 38.0 Å². The molecule has 0 fully saturated rings. The second-order valence-electron chi connectivity index (χ2n) is 6.21. The topological polar surface area (TPSA) is 75.7 Å². The van der Waals surface area contributed by atoms with Crippen LogP contribution in [0.25, 0.3) is 0 Å². The van der Waals surface area contributed by atoms with Crippen LogP contribution in [0.5, 0.6) is 5.75 Å². The second-order valence-corrected chi connectivity index (χ2v) is 8.20. The van der Waals surface area contributed by atoms with E-state index in [-0.39, 0.29) is 5.91 Å². The van der Waals surface area contributed by atoms with E-state index in [0.29, 0.717) is 43.1 Å². The van der Waals surface area contributed by atoms with Crippen molar-refractivity contribution in [2.75, 3.05) is 24.7 Å². The Kier molecular flexibility index (Phi) is 5.29. The number of fused-ring (bicyclic) bond motifs is 1. The first-order chi connectivity index (χ1) is 12.4. The zero-order valence-corrected chi connectivity index (χ0v) is 15.7. The molecule has 3 rings (SSSR count). The minimum Gasteiger partial charge on any atom is -0.493 e. The van der Waals surface area contributed by atoms with E-state index in [9.17, 15) is 13.2 Å². The molecule has 0 unspecified atom stereocenters. The van der Waals surface area contributed by atoms with Gasteiger partial charge in [-0.3, -0.25) is 4.79 Å². The maximum absolute atomic E-state index is 12.6. The van der Waals surface area contributed by atoms with Crippen molar-refractivity contribution >= 4 is 21.6 Å². The van der Waals surface area contributed by atoms with Gasteiger partial charge in [0.1, 0.15) is 5.75 Å². The minimum atomic E-state index is -3.23. The van der Waals surface area contributed by atoms with Crippen molar-refractivity contribution in [3.63, 3.8) is 0 Å². The van der Waals surface area contributed by atoms with Crippen LogP contribution in [0.2, 0.25) is 0 Å². The Labute approximate surface area is 153 Å². The number of carbonyl (C=O) groups is 1. The first-order valence-electron chi connectivity index (χ1n) is 8.48. The lowest BCUT2D eigenvalue weighted by atomic mass is 10.0. The number of hydrogen-bond acceptors (Lipinski definition) is 4. The third-order valence-electron chi connectivity index (χ3n) is 4.34. The number of sulfonamides is 1. The first kappa shape index (κ1) is 18.4. The standard InChI is InChI=1S/C19H22N2O4S/c1-3-25-18-7-5-4-6-17(18)19(22)20-16-9-8-14-10-11-21(26(2,23)24)13-15(14)12-16/h4-9,12H,3,10-11,13H2,1-2H3,(H,20,22). The zero-order valence-electron chi connectivity index (χ0n) is 14.9. The van der Waals surface area contributed by atoms with Crippen LogP contribution in [0.4, 0.5) is 5.69 Å². The Morgan fingerprint density at radius 1 is 1.19 bits per heavy atom. The number of para-hydroxylation sites is 1. The maximum atomic E-state index is 12.6. The van der Waals surface area contributed by atoms with E-state index in [1.165, 1.54) is 10.6 Å². The molecule has 1 aliphatic heterocycles. The number of anilines is 1. The highest BCUT2D eigenvalue weighted by atomic mass is 32.2. The molecule has 0 aliphatic carbocycles. The Morgan fingerprint density at radius 2 is 1.96 bits per heavy atom. The first-order valence-corrected chi connectivity index (χ1v) is 10.3. The van der Waals surface area contributed by atoms with Crippen molar-refractivity contribution in [3.05, 3.63) is 59.2 Å². The predicted octanol–water partition coefficient (Wildman–Crippen LogP) is 2.66. The van der Waals surface area contributed by atoms with Gasteiger partial charge in [-0.1, -0.05) is 18.2 Å². The molecule has 0 spiro atoms. The van der Waals surface area contributed by atoms with Crippen LogP contribution < -0.4 is 10.1 Å². The molecule has 0 bridgehead atoms. The summed E-state index contributed by atoms with van der Waals surface area (Å²) in [6.07, 6.45) is 1.89. The molecule has 0 aromatic heterocycles. The van der Waals surface area contributed by atoms with Crippen molar-refractivity contribution in [2.45, 2.75) is 19.9 Å². The number of nitrogens with one attached hydrogen (secondary N) is 1. The highest BCUT2D eigenvalue weighted by Crippen LogP contribution is 2.25. The molecule has 1 N–H and O–H groups in total. The van der Waals surface area contributed by atoms with Crippen molar-refractivity contribution in [2.24, 2.45) is 0 Å². The van der Waals surface area contributed by atoms with Crippen molar-refractivity contribution < 1.29 is 17.9 Å². The molecular formula is C19H22N2O4S. The average Bonchev–Trinajstić information content (AvgIpc) is 2.61. The summed E-state index contributed by atoms with van der Waals surface area (Å²) in [5.41, 5.74) is 3.12. The van der Waals surface area contributed by atoms with Gasteiger partial charge in [-0.15, -0.1) is 0 Å². The highest BCUT2D eigenvalue weighted by Gasteiger charge is 2.23. The molecule has 2 aromatic rings. The molecule has 1 aliphatic rings. The summed E-state index contributed by atoms with van der Waals surface area (Å²) >= 11 is 0. The van der Waals surface area contributed by atoms with Gasteiger partial charge in [0.2, 0.25) is 10.0 Å². The molecule has 138 valence electrons. The third-order valence-corrected chi connectivity index (χ3v) is 5.59. The van der Waals surface area contributed by atoms with E-state index in [0.717, 1.165) is 11.1 Å². The highest BCUT2D eigenvalue weighted by molar-refractivity contribution is 7.88. The Bertz CT molecular complexity index is 925. The van der Waals surface area contributed by atoms with Gasteiger partial charge in [0.15, 0.2) is 0 Å². The van der Waals surface area contributed by atoms with Crippen LogP contribution in [0.1, 0.15) is 28.4 Å². The summed E-state index contributed by atoms with van der Waals surface area (Å²) in [6, 6.07) is 12.7. The summed E-state index contributed by atoms with van der Waals surface area (Å²) < 4.78 is 30.5. The molecule has 1 amide bonds. The molecular weight excluding hydrogens is 352 g/mol. The lowest BCUT2D eigenvalue weighted by molar-refractivity contribution is 0.102. The molecule has 26 heavy (non-hydrogen) atoms. The average molecular weight is 374 g/mol. The maximum Gasteiger partial charge on any atom is 0.259 e. The zero-order chi connectivity index (χ0) is 18.7. The van der Waals surface area contributed by atoms with Crippen molar-refractivity contribution in [1.29, 1.82) is 0 Å². The van der Waals surface area contributed by atoms with E-state index < -0.39 is 10.0 Å². The largest absolute Gasteiger partial charge is 0.493 e. The van der Waals surface area contributed by atoms with Crippen LogP contribution >= 0.6 is 0 Å². The molecule has 0 atom stereocenters. The van der Waals surface area contributed by atoms with E-state index >= 15 is 0 Å². The van der Waals surface area contributed by atoms with Crippen molar-refractivity contribution in [3.8, 4) is 5.75 Å². The molecule has 7 heteroatoms. The van der Waals surface area contributed by atoms with Gasteiger partial charge in [-0.25, -0.2) is 8.42 Å². The number of nitrogens with zero attached hydrogens (tertiary/aromatic N) is 1. The predicted molar refractivity (Wildman–Crippen MR) is 101 cm³/mol. The van der Waals surface area contributed by atoms with Crippen molar-refractivity contribution in [1.82, 2.24) is 4.31 Å². The Balaban J connectivity index is 1.81. The van der Waals surface area contributed by atoms with Gasteiger partial charge in [-0.05, 0) is 48.7 Å². The van der Waals surface area contributed by atoms with E-state index in [1.54, 1.807) is 18.2 Å². The normalized spacial score (nSPS) is 14.5. The number of benzene rings is 2. The number of hydrogen-bond donors (Lipinski definition) is 1. The van der Waals surface area contributed by atoms with Gasteiger partial charge in [0.25, 0.3) is 5.91 Å². The van der Waals surface area contributed by atoms with Gasteiger partial charge < -0.3 is 10.1 Å². The Hall–Kier alpha value is -2.38. The third kappa shape index (κ3) is 4.05. The summed E-state index contributed by atoms with van der Waals surface area (Å²) in [4.78, 5) is 12.6. The SMILES string of the molecule is CCOc1ccccc1C(=O)Nc1ccc2c(c1)CN(S(C)(=O)=O)CC2. The summed E-state index contributed by atoms with van der Waals surface area (Å²) in [6.45, 7) is 3.16. The smallest absolute Gasteiger partial charge is 0.259 e. The van der Waals surface area contributed by atoms with Crippen LogP contribution in [0.3, 0.4) is 0 Å². The fourth-order valence-corrected chi connectivity index (χ4v) is 3.82. The van der Waals surface area contributed by atoms with Gasteiger partial charge in [0, 0.05) is 18.8 Å². The van der Waals surface area contributed by atoms with E-state index in [2.05, 4.69) is 5.32 Å². The minimum absolute atomic E-state index is 0.259. The summed E-state index contributed by atoms with van der Waals surface area (Å²) in [5, 5.41) is 2.87. The van der Waals surface area contributed by atoms with Crippen LogP contribution in [-0.2, 0) is 23.0 Å². The quantitative estimate of drug-likeness (QED) is 0.873. The monoisotopic (exact) mass is 374 g/mol. The Morgan fingerprint density at radius 3 is 2.69 bits per heavy atom. The number of carbonyl (C=O) groups excluding carboxylic acids is 1. The summed E-state index contributed by atoms with van der Waals surface area (Å²) in [7, 11) is -3.23. The number of amides is 1. The lowest BCUT2D eigenvalue weighted by Gasteiger charge is -2.27. The number of rotatable bonds is 5. The van der Waals surface area contributed by atoms with Gasteiger partial charge in [-0.2, -0.15) is 4.31 Å². The molecule has 6 nitrogen and oxygen atoms in total. The van der Waals surface area contributed by atoms with Gasteiger partial charge >= 0.3 is 0 Å².